The molecule has 5 nitrogen and oxygen atoms in total. The van der Waals surface area contributed by atoms with E-state index in [0.717, 1.165) is 24.8 Å². The van der Waals surface area contributed by atoms with Gasteiger partial charge in [0, 0.05) is 13.3 Å². The number of esters is 1. The first-order chi connectivity index (χ1) is 11.0. The Bertz CT molecular complexity index is 486. The predicted molar refractivity (Wildman–Crippen MR) is 89.0 cm³/mol. The van der Waals surface area contributed by atoms with Gasteiger partial charge in [-0.05, 0) is 37.0 Å². The number of rotatable bonds is 10. The minimum absolute atomic E-state index is 0.210. The van der Waals surface area contributed by atoms with E-state index in [0.29, 0.717) is 24.3 Å². The summed E-state index contributed by atoms with van der Waals surface area (Å²) in [5.41, 5.74) is 1.07. The summed E-state index contributed by atoms with van der Waals surface area (Å²) in [6.45, 7) is 3.44. The zero-order valence-electron chi connectivity index (χ0n) is 14.5. The summed E-state index contributed by atoms with van der Waals surface area (Å²) in [7, 11) is 3.20. The lowest BCUT2D eigenvalue weighted by molar-refractivity contribution is -0.148. The first-order valence-electron chi connectivity index (χ1n) is 8.06. The highest BCUT2D eigenvalue weighted by atomic mass is 16.5. The smallest absolute Gasteiger partial charge is 0.302 e. The van der Waals surface area contributed by atoms with Crippen LogP contribution in [0.2, 0.25) is 0 Å². The number of carbonyl (C=O) groups excluding carboxylic acids is 1. The van der Waals surface area contributed by atoms with Gasteiger partial charge in [-0.25, -0.2) is 0 Å². The van der Waals surface area contributed by atoms with Crippen molar-refractivity contribution in [2.45, 2.75) is 58.2 Å². The maximum Gasteiger partial charge on any atom is 0.302 e. The summed E-state index contributed by atoms with van der Waals surface area (Å²) < 4.78 is 15.7. The summed E-state index contributed by atoms with van der Waals surface area (Å²) in [5, 5.41) is 10.2. The Hall–Kier alpha value is -1.75. The van der Waals surface area contributed by atoms with Crippen LogP contribution in [0.1, 0.15) is 45.1 Å². The fourth-order valence-electron chi connectivity index (χ4n) is 2.57. The molecule has 0 aromatic heterocycles. The molecule has 0 radical (unpaired) electrons. The van der Waals surface area contributed by atoms with Crippen LogP contribution in [0.5, 0.6) is 11.5 Å². The first kappa shape index (κ1) is 19.3. The normalized spacial score (nSPS) is 13.3. The molecule has 2 atom stereocenters. The molecule has 2 unspecified atom stereocenters. The lowest BCUT2D eigenvalue weighted by atomic mass is 10.0. The van der Waals surface area contributed by atoms with E-state index in [2.05, 4.69) is 0 Å². The summed E-state index contributed by atoms with van der Waals surface area (Å²) >= 11 is 0. The Labute approximate surface area is 138 Å². The van der Waals surface area contributed by atoms with E-state index < -0.39 is 6.10 Å². The van der Waals surface area contributed by atoms with Crippen molar-refractivity contribution in [3.63, 3.8) is 0 Å². The number of hydrogen-bond acceptors (Lipinski definition) is 5. The van der Waals surface area contributed by atoms with E-state index in [1.54, 1.807) is 14.2 Å². The van der Waals surface area contributed by atoms with Gasteiger partial charge in [0.1, 0.15) is 6.10 Å². The van der Waals surface area contributed by atoms with Crippen molar-refractivity contribution in [2.24, 2.45) is 0 Å². The summed E-state index contributed by atoms with van der Waals surface area (Å²) in [6.07, 6.45) is 2.78. The van der Waals surface area contributed by atoms with Crippen LogP contribution in [0.25, 0.3) is 0 Å². The fraction of sp³-hybridized carbons (Fsp3) is 0.611. The third kappa shape index (κ3) is 6.91. The van der Waals surface area contributed by atoms with E-state index in [1.165, 1.54) is 6.92 Å². The van der Waals surface area contributed by atoms with E-state index >= 15 is 0 Å². The number of benzene rings is 1. The van der Waals surface area contributed by atoms with Gasteiger partial charge in [-0.1, -0.05) is 19.4 Å². The van der Waals surface area contributed by atoms with Crippen LogP contribution in [-0.2, 0) is 16.0 Å². The second kappa shape index (κ2) is 10.1. The Morgan fingerprint density at radius 2 is 1.87 bits per heavy atom. The summed E-state index contributed by atoms with van der Waals surface area (Å²) in [4.78, 5) is 11.1. The Kier molecular flexibility index (Phi) is 8.48. The SMILES string of the molecule is CCCC(CC(O)CCc1ccc(OC)c(OC)c1)OC(C)=O. The van der Waals surface area contributed by atoms with Gasteiger partial charge in [0.05, 0.1) is 20.3 Å². The third-order valence-electron chi connectivity index (χ3n) is 3.69. The molecule has 0 saturated carbocycles. The zero-order chi connectivity index (χ0) is 17.2. The van der Waals surface area contributed by atoms with Crippen molar-refractivity contribution in [2.75, 3.05) is 14.2 Å². The average Bonchev–Trinajstić information content (AvgIpc) is 2.52. The van der Waals surface area contributed by atoms with E-state index in [1.807, 2.05) is 25.1 Å². The number of carbonyl (C=O) groups is 1. The van der Waals surface area contributed by atoms with Gasteiger partial charge in [-0.3, -0.25) is 4.79 Å². The highest BCUT2D eigenvalue weighted by Gasteiger charge is 2.17. The minimum atomic E-state index is -0.501. The number of hydrogen-bond donors (Lipinski definition) is 1. The molecule has 0 heterocycles. The minimum Gasteiger partial charge on any atom is -0.493 e. The van der Waals surface area contributed by atoms with Gasteiger partial charge in [0.15, 0.2) is 11.5 Å². The molecule has 23 heavy (non-hydrogen) atoms. The second-order valence-corrected chi connectivity index (χ2v) is 5.64. The summed E-state index contributed by atoms with van der Waals surface area (Å²) in [6, 6.07) is 5.74. The highest BCUT2D eigenvalue weighted by Crippen LogP contribution is 2.28. The van der Waals surface area contributed by atoms with E-state index in [9.17, 15) is 9.90 Å². The Morgan fingerprint density at radius 3 is 2.43 bits per heavy atom. The van der Waals surface area contributed by atoms with Gasteiger partial charge in [0.25, 0.3) is 0 Å². The van der Waals surface area contributed by atoms with Gasteiger partial charge in [0.2, 0.25) is 0 Å². The molecular weight excluding hydrogens is 296 g/mol. The molecule has 0 amide bonds. The van der Waals surface area contributed by atoms with Crippen molar-refractivity contribution in [3.05, 3.63) is 23.8 Å². The number of aliphatic hydroxyl groups is 1. The quantitative estimate of drug-likeness (QED) is 0.670. The average molecular weight is 324 g/mol. The van der Waals surface area contributed by atoms with Crippen molar-refractivity contribution in [3.8, 4) is 11.5 Å². The van der Waals surface area contributed by atoms with Crippen molar-refractivity contribution >= 4 is 5.97 Å². The highest BCUT2D eigenvalue weighted by molar-refractivity contribution is 5.66. The van der Waals surface area contributed by atoms with Gasteiger partial charge >= 0.3 is 5.97 Å². The molecule has 0 spiro atoms. The molecule has 1 N–H and O–H groups in total. The predicted octanol–water partition coefficient (Wildman–Crippen LogP) is 3.12. The van der Waals surface area contributed by atoms with E-state index in [4.69, 9.17) is 14.2 Å². The summed E-state index contributed by atoms with van der Waals surface area (Å²) in [5.74, 6) is 1.08. The molecule has 5 heteroatoms. The standard InChI is InChI=1S/C18H28O5/c1-5-6-16(23-13(2)19)12-15(20)9-7-14-8-10-17(21-3)18(11-14)22-4/h8,10-11,15-16,20H,5-7,9,12H2,1-4H3. The molecule has 130 valence electrons. The van der Waals surface area contributed by atoms with Crippen LogP contribution >= 0.6 is 0 Å². The van der Waals surface area contributed by atoms with Crippen molar-refractivity contribution in [1.82, 2.24) is 0 Å². The largest absolute Gasteiger partial charge is 0.493 e. The third-order valence-corrected chi connectivity index (χ3v) is 3.69. The van der Waals surface area contributed by atoms with Crippen LogP contribution in [0, 0.1) is 0 Å². The lowest BCUT2D eigenvalue weighted by Gasteiger charge is -2.20. The Morgan fingerprint density at radius 1 is 1.17 bits per heavy atom. The molecule has 0 aliphatic rings. The van der Waals surface area contributed by atoms with Crippen molar-refractivity contribution in [1.29, 1.82) is 0 Å². The molecule has 0 saturated heterocycles. The fourth-order valence-corrected chi connectivity index (χ4v) is 2.57. The van der Waals surface area contributed by atoms with Gasteiger partial charge in [-0.15, -0.1) is 0 Å². The maximum atomic E-state index is 11.1. The Balaban J connectivity index is 2.54. The van der Waals surface area contributed by atoms with Gasteiger partial charge < -0.3 is 19.3 Å². The maximum absolute atomic E-state index is 11.1. The molecule has 0 bridgehead atoms. The molecule has 1 rings (SSSR count). The molecule has 1 aromatic rings. The molecule has 0 fully saturated rings. The van der Waals surface area contributed by atoms with Crippen molar-refractivity contribution < 1.29 is 24.1 Å². The van der Waals surface area contributed by atoms with Crippen LogP contribution in [-0.4, -0.2) is 37.5 Å². The second-order valence-electron chi connectivity index (χ2n) is 5.64. The number of aryl methyl sites for hydroxylation is 1. The molecule has 1 aromatic carbocycles. The molecule has 0 aliphatic carbocycles. The zero-order valence-corrected chi connectivity index (χ0v) is 14.5. The monoisotopic (exact) mass is 324 g/mol. The topological polar surface area (TPSA) is 65.0 Å². The van der Waals surface area contributed by atoms with Crippen LogP contribution in [0.15, 0.2) is 18.2 Å². The molecule has 0 aliphatic heterocycles. The van der Waals surface area contributed by atoms with Crippen LogP contribution in [0.4, 0.5) is 0 Å². The van der Waals surface area contributed by atoms with Gasteiger partial charge in [-0.2, -0.15) is 0 Å². The number of ether oxygens (including phenoxy) is 3. The van der Waals surface area contributed by atoms with Crippen LogP contribution in [0.3, 0.4) is 0 Å². The van der Waals surface area contributed by atoms with E-state index in [-0.39, 0.29) is 12.1 Å². The first-order valence-corrected chi connectivity index (χ1v) is 8.06. The lowest BCUT2D eigenvalue weighted by Crippen LogP contribution is -2.23. The molecular formula is C18H28O5. The van der Waals surface area contributed by atoms with Crippen LogP contribution < -0.4 is 9.47 Å². The number of methoxy groups -OCH3 is 2. The number of aliphatic hydroxyl groups excluding tert-OH is 1.